The van der Waals surface area contributed by atoms with E-state index in [1.165, 1.54) is 0 Å². The zero-order chi connectivity index (χ0) is 14.3. The smallest absolute Gasteiger partial charge is 0.335 e. The second-order valence-corrected chi connectivity index (χ2v) is 5.51. The molecule has 0 radical (unpaired) electrons. The van der Waals surface area contributed by atoms with Crippen LogP contribution < -0.4 is 0 Å². The van der Waals surface area contributed by atoms with E-state index in [1.807, 2.05) is 6.92 Å². The summed E-state index contributed by atoms with van der Waals surface area (Å²) in [6, 6.07) is 3.28. The quantitative estimate of drug-likeness (QED) is 0.746. The molecule has 1 aromatic carbocycles. The second kappa shape index (κ2) is 8.01. The molecule has 1 unspecified atom stereocenters. The number of aromatic carboxylic acids is 1. The van der Waals surface area contributed by atoms with E-state index in [1.54, 1.807) is 0 Å². The molecule has 19 heavy (non-hydrogen) atoms. The third kappa shape index (κ3) is 5.08. The van der Waals surface area contributed by atoms with Crippen LogP contribution in [-0.4, -0.2) is 34.3 Å². The largest absolute Gasteiger partial charge is 0.478 e. The van der Waals surface area contributed by atoms with Crippen molar-refractivity contribution in [3.63, 3.8) is 0 Å². The van der Waals surface area contributed by atoms with Gasteiger partial charge in [0.25, 0.3) is 0 Å². The molecule has 1 N–H and O–H groups in total. The van der Waals surface area contributed by atoms with Gasteiger partial charge in [-0.05, 0) is 24.6 Å². The number of hydrogen-bond acceptors (Lipinski definition) is 3. The van der Waals surface area contributed by atoms with E-state index < -0.39 is 22.6 Å². The number of benzene rings is 1. The lowest BCUT2D eigenvalue weighted by Crippen LogP contribution is -2.09. The Labute approximate surface area is 114 Å². The Morgan fingerprint density at radius 2 is 2.16 bits per heavy atom. The monoisotopic (exact) mass is 288 g/mol. The summed E-state index contributed by atoms with van der Waals surface area (Å²) in [5, 5.41) is 8.81. The highest BCUT2D eigenvalue weighted by molar-refractivity contribution is 7.85. The molecular formula is C13H17FO4S. The first kappa shape index (κ1) is 15.8. The molecule has 0 aliphatic heterocycles. The molecule has 1 rings (SSSR count). The molecule has 0 heterocycles. The number of halogens is 1. The van der Waals surface area contributed by atoms with Crippen molar-refractivity contribution < 1.29 is 23.2 Å². The van der Waals surface area contributed by atoms with Crippen LogP contribution in [0.2, 0.25) is 0 Å². The minimum Gasteiger partial charge on any atom is -0.478 e. The van der Waals surface area contributed by atoms with Gasteiger partial charge in [0.15, 0.2) is 0 Å². The normalized spacial score (nSPS) is 12.3. The summed E-state index contributed by atoms with van der Waals surface area (Å²) in [7, 11) is -1.59. The van der Waals surface area contributed by atoms with Crippen LogP contribution in [0.15, 0.2) is 23.1 Å². The van der Waals surface area contributed by atoms with E-state index in [9.17, 15) is 13.4 Å². The molecule has 1 aromatic rings. The minimum atomic E-state index is -1.59. The average molecular weight is 288 g/mol. The second-order valence-electron chi connectivity index (χ2n) is 3.97. The maximum Gasteiger partial charge on any atom is 0.335 e. The van der Waals surface area contributed by atoms with Gasteiger partial charge in [0.1, 0.15) is 5.82 Å². The SMILES string of the molecule is CCCCOCCS(=O)c1cc(C(=O)O)ccc1F. The van der Waals surface area contributed by atoms with E-state index in [4.69, 9.17) is 9.84 Å². The van der Waals surface area contributed by atoms with E-state index in [0.29, 0.717) is 6.61 Å². The molecule has 0 spiro atoms. The first-order chi connectivity index (χ1) is 9.06. The number of hydrogen-bond donors (Lipinski definition) is 1. The Morgan fingerprint density at radius 1 is 1.42 bits per heavy atom. The number of carboxylic acid groups (broad SMARTS) is 1. The first-order valence-electron chi connectivity index (χ1n) is 6.05. The zero-order valence-electron chi connectivity index (χ0n) is 10.7. The van der Waals surface area contributed by atoms with Crippen LogP contribution in [0.1, 0.15) is 30.1 Å². The van der Waals surface area contributed by atoms with Gasteiger partial charge in [-0.3, -0.25) is 4.21 Å². The van der Waals surface area contributed by atoms with E-state index in [2.05, 4.69) is 0 Å². The summed E-state index contributed by atoms with van der Waals surface area (Å²) in [5.74, 6) is -1.67. The van der Waals surface area contributed by atoms with Crippen molar-refractivity contribution in [1.29, 1.82) is 0 Å². The first-order valence-corrected chi connectivity index (χ1v) is 7.37. The van der Waals surface area contributed by atoms with Gasteiger partial charge in [-0.25, -0.2) is 9.18 Å². The fourth-order valence-electron chi connectivity index (χ4n) is 1.40. The number of rotatable bonds is 8. The van der Waals surface area contributed by atoms with Crippen molar-refractivity contribution in [3.8, 4) is 0 Å². The Hall–Kier alpha value is -1.27. The third-order valence-corrected chi connectivity index (χ3v) is 3.82. The predicted molar refractivity (Wildman–Crippen MR) is 70.4 cm³/mol. The highest BCUT2D eigenvalue weighted by atomic mass is 32.2. The van der Waals surface area contributed by atoms with Crippen LogP contribution in [0, 0.1) is 5.82 Å². The molecule has 0 aliphatic carbocycles. The lowest BCUT2D eigenvalue weighted by Gasteiger charge is -2.06. The number of ether oxygens (including phenoxy) is 1. The summed E-state index contributed by atoms with van der Waals surface area (Å²) in [6.45, 7) is 2.89. The van der Waals surface area contributed by atoms with E-state index in [-0.39, 0.29) is 22.8 Å². The Morgan fingerprint density at radius 3 is 2.79 bits per heavy atom. The van der Waals surface area contributed by atoms with Gasteiger partial charge in [0, 0.05) is 6.61 Å². The molecule has 4 nitrogen and oxygen atoms in total. The lowest BCUT2D eigenvalue weighted by molar-refractivity contribution is 0.0696. The van der Waals surface area contributed by atoms with Crippen LogP contribution in [0.25, 0.3) is 0 Å². The minimum absolute atomic E-state index is 0.0725. The fourth-order valence-corrected chi connectivity index (χ4v) is 2.44. The molecule has 0 saturated heterocycles. The number of carboxylic acids is 1. The topological polar surface area (TPSA) is 63.6 Å². The van der Waals surface area contributed by atoms with Gasteiger partial charge < -0.3 is 9.84 Å². The summed E-state index contributed by atoms with van der Waals surface area (Å²) in [5.41, 5.74) is -0.0725. The van der Waals surface area contributed by atoms with Gasteiger partial charge in [-0.1, -0.05) is 13.3 Å². The van der Waals surface area contributed by atoms with Crippen molar-refractivity contribution >= 4 is 16.8 Å². The Balaban J connectivity index is 2.61. The molecule has 1 atom stereocenters. The Bertz CT molecular complexity index is 462. The van der Waals surface area contributed by atoms with Gasteiger partial charge in [-0.2, -0.15) is 0 Å². The van der Waals surface area contributed by atoms with Crippen molar-refractivity contribution in [2.75, 3.05) is 19.0 Å². The van der Waals surface area contributed by atoms with E-state index >= 15 is 0 Å². The van der Waals surface area contributed by atoms with Crippen LogP contribution in [0.5, 0.6) is 0 Å². The summed E-state index contributed by atoms with van der Waals surface area (Å²) in [4.78, 5) is 10.7. The van der Waals surface area contributed by atoms with Crippen LogP contribution >= 0.6 is 0 Å². The van der Waals surface area contributed by atoms with Gasteiger partial charge in [0.2, 0.25) is 0 Å². The zero-order valence-corrected chi connectivity index (χ0v) is 11.5. The van der Waals surface area contributed by atoms with Crippen molar-refractivity contribution in [2.45, 2.75) is 24.7 Å². The summed E-state index contributed by atoms with van der Waals surface area (Å²) in [6.07, 6.45) is 1.94. The highest BCUT2D eigenvalue weighted by Gasteiger charge is 2.13. The van der Waals surface area contributed by atoms with Crippen molar-refractivity contribution in [1.82, 2.24) is 0 Å². The summed E-state index contributed by atoms with van der Waals surface area (Å²) >= 11 is 0. The number of unbranched alkanes of at least 4 members (excludes halogenated alkanes) is 1. The molecule has 0 saturated carbocycles. The molecule has 106 valence electrons. The third-order valence-electron chi connectivity index (χ3n) is 2.48. The van der Waals surface area contributed by atoms with Crippen molar-refractivity contribution in [2.24, 2.45) is 0 Å². The molecule has 0 aromatic heterocycles. The maximum atomic E-state index is 13.5. The van der Waals surface area contributed by atoms with Gasteiger partial charge in [0.05, 0.1) is 33.6 Å². The predicted octanol–water partition coefficient (Wildman–Crippen LogP) is 2.45. The summed E-state index contributed by atoms with van der Waals surface area (Å²) < 4.78 is 30.6. The maximum absolute atomic E-state index is 13.5. The van der Waals surface area contributed by atoms with Crippen molar-refractivity contribution in [3.05, 3.63) is 29.6 Å². The molecule has 0 fully saturated rings. The molecule has 0 aliphatic rings. The lowest BCUT2D eigenvalue weighted by atomic mass is 10.2. The highest BCUT2D eigenvalue weighted by Crippen LogP contribution is 2.15. The standard InChI is InChI=1S/C13H17FO4S/c1-2-3-6-18-7-8-19(17)12-9-10(13(15)16)4-5-11(12)14/h4-5,9H,2-3,6-8H2,1H3,(H,15,16). The van der Waals surface area contributed by atoms with Crippen LogP contribution in [0.4, 0.5) is 4.39 Å². The van der Waals surface area contributed by atoms with Crippen LogP contribution in [0.3, 0.4) is 0 Å². The average Bonchev–Trinajstić information content (AvgIpc) is 2.38. The molecule has 0 amide bonds. The van der Waals surface area contributed by atoms with Gasteiger partial charge >= 0.3 is 5.97 Å². The van der Waals surface area contributed by atoms with Crippen LogP contribution in [-0.2, 0) is 15.5 Å². The van der Waals surface area contributed by atoms with Gasteiger partial charge in [-0.15, -0.1) is 0 Å². The molecular weight excluding hydrogens is 271 g/mol. The molecule has 0 bridgehead atoms. The Kier molecular flexibility index (Phi) is 6.66. The van der Waals surface area contributed by atoms with E-state index in [0.717, 1.165) is 31.0 Å². The number of carbonyl (C=O) groups is 1. The fraction of sp³-hybridized carbons (Fsp3) is 0.462. The molecule has 6 heteroatoms.